The molecule has 0 atom stereocenters. The van der Waals surface area contributed by atoms with Gasteiger partial charge in [0, 0.05) is 52.1 Å². The third-order valence-corrected chi connectivity index (χ3v) is 2.71. The largest absolute Gasteiger partial charge is 0.383 e. The van der Waals surface area contributed by atoms with Gasteiger partial charge in [-0.25, -0.2) is 0 Å². The fraction of sp³-hybridized carbons (Fsp3) is 0.750. The molecule has 0 aliphatic rings. The third kappa shape index (κ3) is 5.30. The van der Waals surface area contributed by atoms with Gasteiger partial charge in [-0.3, -0.25) is 4.68 Å². The molecule has 0 radical (unpaired) electrons. The van der Waals surface area contributed by atoms with Crippen LogP contribution < -0.4 is 5.32 Å². The summed E-state index contributed by atoms with van der Waals surface area (Å²) in [6.07, 6.45) is 2.09. The quantitative estimate of drug-likeness (QED) is 0.668. The van der Waals surface area contributed by atoms with Crippen LogP contribution in [0.1, 0.15) is 11.3 Å². The molecule has 1 aromatic rings. The Hall–Kier alpha value is -0.910. The fourth-order valence-corrected chi connectivity index (χ4v) is 1.74. The van der Waals surface area contributed by atoms with E-state index in [-0.39, 0.29) is 0 Å². The molecule has 17 heavy (non-hydrogen) atoms. The standard InChI is InChI=1S/C12H24N4O/c1-11-12(10-16(3)14-11)9-15(2)7-5-13-6-8-17-4/h10,13H,5-9H2,1-4H3. The van der Waals surface area contributed by atoms with Gasteiger partial charge in [-0.05, 0) is 14.0 Å². The molecular formula is C12H24N4O. The molecule has 1 aromatic heterocycles. The normalized spacial score (nSPS) is 11.4. The summed E-state index contributed by atoms with van der Waals surface area (Å²) in [5.41, 5.74) is 2.42. The first kappa shape index (κ1) is 14.2. The zero-order chi connectivity index (χ0) is 12.7. The van der Waals surface area contributed by atoms with Crippen molar-refractivity contribution in [3.8, 4) is 0 Å². The zero-order valence-electron chi connectivity index (χ0n) is 11.4. The molecule has 0 spiro atoms. The molecule has 5 heteroatoms. The number of aryl methyl sites for hydroxylation is 2. The molecular weight excluding hydrogens is 216 g/mol. The van der Waals surface area contributed by atoms with E-state index in [0.29, 0.717) is 0 Å². The fourth-order valence-electron chi connectivity index (χ4n) is 1.74. The van der Waals surface area contributed by atoms with Crippen molar-refractivity contribution >= 4 is 0 Å². The van der Waals surface area contributed by atoms with Gasteiger partial charge in [-0.1, -0.05) is 0 Å². The Kier molecular flexibility index (Phi) is 6.18. The highest BCUT2D eigenvalue weighted by Gasteiger charge is 2.05. The minimum atomic E-state index is 0.769. The Labute approximate surface area is 104 Å². The van der Waals surface area contributed by atoms with Crippen LogP contribution >= 0.6 is 0 Å². The average molecular weight is 240 g/mol. The number of rotatable bonds is 8. The first-order valence-corrected chi connectivity index (χ1v) is 6.00. The average Bonchev–Trinajstić information content (AvgIpc) is 2.57. The van der Waals surface area contributed by atoms with Gasteiger partial charge in [0.2, 0.25) is 0 Å². The monoisotopic (exact) mass is 240 g/mol. The lowest BCUT2D eigenvalue weighted by atomic mass is 10.2. The molecule has 0 aliphatic heterocycles. The van der Waals surface area contributed by atoms with Crippen LogP contribution in [0.3, 0.4) is 0 Å². The van der Waals surface area contributed by atoms with Gasteiger partial charge in [0.1, 0.15) is 0 Å². The number of methoxy groups -OCH3 is 1. The summed E-state index contributed by atoms with van der Waals surface area (Å²) in [5.74, 6) is 0. The minimum Gasteiger partial charge on any atom is -0.383 e. The van der Waals surface area contributed by atoms with Crippen LogP contribution in [0, 0.1) is 6.92 Å². The summed E-state index contributed by atoms with van der Waals surface area (Å²) in [6, 6.07) is 0. The van der Waals surface area contributed by atoms with Crippen LogP contribution in [0.2, 0.25) is 0 Å². The van der Waals surface area contributed by atoms with Crippen LogP contribution in [0.4, 0.5) is 0 Å². The highest BCUT2D eigenvalue weighted by molar-refractivity contribution is 5.14. The summed E-state index contributed by atoms with van der Waals surface area (Å²) in [6.45, 7) is 6.70. The molecule has 5 nitrogen and oxygen atoms in total. The number of likely N-dealkylation sites (N-methyl/N-ethyl adjacent to an activating group) is 1. The molecule has 0 aromatic carbocycles. The van der Waals surface area contributed by atoms with E-state index in [2.05, 4.69) is 35.5 Å². The van der Waals surface area contributed by atoms with Gasteiger partial charge in [0.25, 0.3) is 0 Å². The van der Waals surface area contributed by atoms with Crippen molar-refractivity contribution in [2.75, 3.05) is 40.4 Å². The molecule has 0 amide bonds. The number of nitrogens with one attached hydrogen (secondary N) is 1. The maximum atomic E-state index is 4.98. The lowest BCUT2D eigenvalue weighted by Crippen LogP contribution is -2.30. The van der Waals surface area contributed by atoms with Gasteiger partial charge in [0.15, 0.2) is 0 Å². The van der Waals surface area contributed by atoms with E-state index in [4.69, 9.17) is 4.74 Å². The first-order chi connectivity index (χ1) is 8.13. The predicted molar refractivity (Wildman–Crippen MR) is 69.0 cm³/mol. The second kappa shape index (κ2) is 7.42. The van der Waals surface area contributed by atoms with Crippen LogP contribution in [0.15, 0.2) is 6.20 Å². The van der Waals surface area contributed by atoms with Crippen LogP contribution in [-0.2, 0) is 18.3 Å². The van der Waals surface area contributed by atoms with E-state index in [1.165, 1.54) is 5.56 Å². The Morgan fingerprint density at radius 3 is 2.82 bits per heavy atom. The number of nitrogens with zero attached hydrogens (tertiary/aromatic N) is 3. The summed E-state index contributed by atoms with van der Waals surface area (Å²) in [7, 11) is 5.81. The van der Waals surface area contributed by atoms with Crippen LogP contribution in [0.25, 0.3) is 0 Å². The number of ether oxygens (including phenoxy) is 1. The molecule has 0 bridgehead atoms. The van der Waals surface area contributed by atoms with E-state index in [0.717, 1.165) is 38.5 Å². The lowest BCUT2D eigenvalue weighted by molar-refractivity contribution is 0.197. The Balaban J connectivity index is 2.20. The topological polar surface area (TPSA) is 42.3 Å². The maximum Gasteiger partial charge on any atom is 0.0638 e. The van der Waals surface area contributed by atoms with Crippen molar-refractivity contribution in [1.29, 1.82) is 0 Å². The van der Waals surface area contributed by atoms with Gasteiger partial charge >= 0.3 is 0 Å². The molecule has 0 unspecified atom stereocenters. The summed E-state index contributed by atoms with van der Waals surface area (Å²) in [4.78, 5) is 2.30. The summed E-state index contributed by atoms with van der Waals surface area (Å²) in [5, 5.41) is 7.68. The Bertz CT molecular complexity index is 324. The highest BCUT2D eigenvalue weighted by atomic mass is 16.5. The Morgan fingerprint density at radius 1 is 1.47 bits per heavy atom. The zero-order valence-corrected chi connectivity index (χ0v) is 11.4. The second-order valence-corrected chi connectivity index (χ2v) is 4.39. The predicted octanol–water partition coefficient (Wildman–Crippen LogP) is 0.396. The lowest BCUT2D eigenvalue weighted by Gasteiger charge is -2.16. The van der Waals surface area contributed by atoms with Crippen molar-refractivity contribution < 1.29 is 4.74 Å². The van der Waals surface area contributed by atoms with E-state index < -0.39 is 0 Å². The van der Waals surface area contributed by atoms with E-state index in [1.54, 1.807) is 7.11 Å². The van der Waals surface area contributed by atoms with E-state index in [1.807, 2.05) is 11.7 Å². The van der Waals surface area contributed by atoms with E-state index in [9.17, 15) is 0 Å². The Morgan fingerprint density at radius 2 is 2.24 bits per heavy atom. The summed E-state index contributed by atoms with van der Waals surface area (Å²) < 4.78 is 6.85. The van der Waals surface area contributed by atoms with Crippen molar-refractivity contribution in [2.45, 2.75) is 13.5 Å². The maximum absolute atomic E-state index is 4.98. The van der Waals surface area contributed by atoms with Crippen LogP contribution in [-0.4, -0.2) is 55.1 Å². The molecule has 98 valence electrons. The van der Waals surface area contributed by atoms with Crippen molar-refractivity contribution in [3.05, 3.63) is 17.5 Å². The SMILES string of the molecule is COCCNCCN(C)Cc1cn(C)nc1C. The minimum absolute atomic E-state index is 0.769. The number of hydrogen-bond acceptors (Lipinski definition) is 4. The third-order valence-electron chi connectivity index (χ3n) is 2.71. The van der Waals surface area contributed by atoms with E-state index >= 15 is 0 Å². The highest BCUT2D eigenvalue weighted by Crippen LogP contribution is 2.06. The van der Waals surface area contributed by atoms with Crippen molar-refractivity contribution in [3.63, 3.8) is 0 Å². The molecule has 0 saturated heterocycles. The number of hydrogen-bond donors (Lipinski definition) is 1. The number of aromatic nitrogens is 2. The van der Waals surface area contributed by atoms with Crippen molar-refractivity contribution in [1.82, 2.24) is 20.0 Å². The van der Waals surface area contributed by atoms with Gasteiger partial charge in [-0.15, -0.1) is 0 Å². The second-order valence-electron chi connectivity index (χ2n) is 4.39. The molecule has 0 saturated carbocycles. The smallest absolute Gasteiger partial charge is 0.0638 e. The van der Waals surface area contributed by atoms with Gasteiger partial charge in [-0.2, -0.15) is 5.10 Å². The van der Waals surface area contributed by atoms with Gasteiger partial charge in [0.05, 0.1) is 12.3 Å². The molecule has 0 fully saturated rings. The molecule has 1 rings (SSSR count). The first-order valence-electron chi connectivity index (χ1n) is 6.00. The van der Waals surface area contributed by atoms with Crippen molar-refractivity contribution in [2.24, 2.45) is 7.05 Å². The molecule has 0 aliphatic carbocycles. The molecule has 1 N–H and O–H groups in total. The van der Waals surface area contributed by atoms with Gasteiger partial charge < -0.3 is 15.0 Å². The summed E-state index contributed by atoms with van der Waals surface area (Å²) >= 11 is 0. The van der Waals surface area contributed by atoms with Crippen LogP contribution in [0.5, 0.6) is 0 Å². The molecule has 1 heterocycles.